The summed E-state index contributed by atoms with van der Waals surface area (Å²) < 4.78 is 10.1. The first kappa shape index (κ1) is 23.1. The number of nitrogens with zero attached hydrogens (tertiary/aromatic N) is 4. The van der Waals surface area contributed by atoms with Gasteiger partial charge in [0.2, 0.25) is 0 Å². The second-order valence-electron chi connectivity index (χ2n) is 6.05. The summed E-state index contributed by atoms with van der Waals surface area (Å²) in [5.74, 6) is -1.02. The Balaban J connectivity index is 2.03. The van der Waals surface area contributed by atoms with Crippen LogP contribution >= 0.6 is 0 Å². The summed E-state index contributed by atoms with van der Waals surface area (Å²) in [6.07, 6.45) is 2.19. The fourth-order valence-corrected chi connectivity index (χ4v) is 2.43. The molecule has 0 aromatic heterocycles. The molecule has 9 nitrogen and oxygen atoms in total. The average molecular weight is 422 g/mol. The minimum Gasteiger partial charge on any atom is -0.461 e. The first-order valence-electron chi connectivity index (χ1n) is 9.34. The van der Waals surface area contributed by atoms with Crippen molar-refractivity contribution in [2.75, 3.05) is 31.2 Å². The molecule has 0 N–H and O–H groups in total. The maximum absolute atomic E-state index is 11.3. The smallest absolute Gasteiger partial charge is 0.330 e. The van der Waals surface area contributed by atoms with Gasteiger partial charge < -0.3 is 14.4 Å². The zero-order valence-corrected chi connectivity index (χ0v) is 16.8. The lowest BCUT2D eigenvalue weighted by atomic mass is 10.2. The van der Waals surface area contributed by atoms with E-state index in [0.717, 1.165) is 17.8 Å². The number of carbonyl (C=O) groups is 2. The van der Waals surface area contributed by atoms with Crippen LogP contribution in [-0.4, -0.2) is 38.2 Å². The Morgan fingerprint density at radius 3 is 1.61 bits per heavy atom. The molecule has 0 saturated carbocycles. The number of ether oxygens (including phenoxy) is 2. The van der Waals surface area contributed by atoms with Gasteiger partial charge >= 0.3 is 11.9 Å². The number of esters is 2. The third-order valence-electron chi connectivity index (χ3n) is 4.00. The van der Waals surface area contributed by atoms with E-state index in [4.69, 9.17) is 9.47 Å². The van der Waals surface area contributed by atoms with Crippen molar-refractivity contribution in [2.45, 2.75) is 0 Å². The molecule has 0 saturated heterocycles. The van der Waals surface area contributed by atoms with E-state index >= 15 is 0 Å². The molecule has 0 bridgehead atoms. The van der Waals surface area contributed by atoms with Crippen LogP contribution in [0.1, 0.15) is 0 Å². The number of anilines is 1. The first-order valence-corrected chi connectivity index (χ1v) is 9.34. The van der Waals surface area contributed by atoms with Gasteiger partial charge in [-0.1, -0.05) is 13.2 Å². The molecule has 0 aliphatic rings. The lowest BCUT2D eigenvalue weighted by Gasteiger charge is -2.24. The molecule has 160 valence electrons. The van der Waals surface area contributed by atoms with Gasteiger partial charge in [-0.3, -0.25) is 0 Å². The Kier molecular flexibility index (Phi) is 9.28. The fourth-order valence-electron chi connectivity index (χ4n) is 2.43. The Bertz CT molecular complexity index is 913. The number of nitroso groups, excluding NO2 is 1. The Hall–Kier alpha value is -4.14. The highest BCUT2D eigenvalue weighted by Gasteiger charge is 2.09. The van der Waals surface area contributed by atoms with Crippen LogP contribution in [0.5, 0.6) is 0 Å². The summed E-state index contributed by atoms with van der Waals surface area (Å²) in [6, 6.07) is 13.6. The third-order valence-corrected chi connectivity index (χ3v) is 4.00. The quantitative estimate of drug-likeness (QED) is 0.211. The number of rotatable bonds is 12. The predicted molar refractivity (Wildman–Crippen MR) is 117 cm³/mol. The van der Waals surface area contributed by atoms with E-state index in [0.29, 0.717) is 30.2 Å². The molecule has 9 heteroatoms. The van der Waals surface area contributed by atoms with Gasteiger partial charge in [0.1, 0.15) is 18.9 Å². The van der Waals surface area contributed by atoms with Crippen LogP contribution in [0.3, 0.4) is 0 Å². The Labute approximate surface area is 179 Å². The van der Waals surface area contributed by atoms with Crippen LogP contribution in [0.25, 0.3) is 0 Å². The molecule has 0 aliphatic heterocycles. The summed E-state index contributed by atoms with van der Waals surface area (Å²) in [5.41, 5.74) is 2.36. The molecule has 0 fully saturated rings. The molecular weight excluding hydrogens is 400 g/mol. The lowest BCUT2D eigenvalue weighted by molar-refractivity contribution is -0.137. The zero-order valence-electron chi connectivity index (χ0n) is 16.8. The van der Waals surface area contributed by atoms with Gasteiger partial charge in [0.25, 0.3) is 0 Å². The molecule has 0 spiro atoms. The van der Waals surface area contributed by atoms with Gasteiger partial charge in [-0.15, -0.1) is 4.91 Å². The fraction of sp³-hybridized carbons (Fsp3) is 0.182. The van der Waals surface area contributed by atoms with Crippen molar-refractivity contribution in [3.8, 4) is 0 Å². The van der Waals surface area contributed by atoms with Crippen molar-refractivity contribution in [1.82, 2.24) is 0 Å². The summed E-state index contributed by atoms with van der Waals surface area (Å²) in [4.78, 5) is 34.9. The van der Waals surface area contributed by atoms with Crippen LogP contribution in [0.15, 0.2) is 89.2 Å². The third kappa shape index (κ3) is 8.01. The van der Waals surface area contributed by atoms with E-state index in [2.05, 4.69) is 28.6 Å². The van der Waals surface area contributed by atoms with E-state index in [1.54, 1.807) is 36.4 Å². The van der Waals surface area contributed by atoms with Crippen LogP contribution in [-0.2, 0) is 19.1 Å². The molecule has 0 heterocycles. The van der Waals surface area contributed by atoms with Crippen LogP contribution < -0.4 is 4.90 Å². The van der Waals surface area contributed by atoms with Crippen molar-refractivity contribution in [3.05, 3.63) is 78.7 Å². The average Bonchev–Trinajstić information content (AvgIpc) is 2.82. The zero-order chi connectivity index (χ0) is 22.5. The lowest BCUT2D eigenvalue weighted by Crippen LogP contribution is -2.31. The van der Waals surface area contributed by atoms with Crippen LogP contribution in [0.4, 0.5) is 22.7 Å². The first-order chi connectivity index (χ1) is 15.0. The van der Waals surface area contributed by atoms with Crippen molar-refractivity contribution >= 4 is 34.7 Å². The van der Waals surface area contributed by atoms with Gasteiger partial charge in [-0.2, -0.15) is 10.2 Å². The van der Waals surface area contributed by atoms with E-state index in [-0.39, 0.29) is 13.2 Å². The monoisotopic (exact) mass is 422 g/mol. The number of hydrogen-bond acceptors (Lipinski definition) is 9. The highest BCUT2D eigenvalue weighted by atomic mass is 16.5. The Morgan fingerprint density at radius 1 is 0.774 bits per heavy atom. The standard InChI is InChI=1S/C22H22N4O5/c1-3-21(27)30-15-13-26(14-16-31-22(28)4-2)20-11-9-18(10-12-20)24-23-17-5-7-19(25-29)8-6-17/h3-12H,1-2,13-16H2/b24-23+. The largest absolute Gasteiger partial charge is 0.461 e. The van der Waals surface area contributed by atoms with Crippen LogP contribution in [0, 0.1) is 4.91 Å². The number of hydrogen-bond donors (Lipinski definition) is 0. The topological polar surface area (TPSA) is 110 Å². The van der Waals surface area contributed by atoms with Crippen molar-refractivity contribution in [1.29, 1.82) is 0 Å². The van der Waals surface area contributed by atoms with Gasteiger partial charge in [0.05, 0.1) is 24.5 Å². The van der Waals surface area contributed by atoms with E-state index in [1.807, 2.05) is 17.0 Å². The van der Waals surface area contributed by atoms with Crippen LogP contribution in [0.2, 0.25) is 0 Å². The van der Waals surface area contributed by atoms with Gasteiger partial charge in [-0.05, 0) is 53.7 Å². The number of carbonyl (C=O) groups excluding carboxylic acids is 2. The number of azo groups is 1. The van der Waals surface area contributed by atoms with E-state index in [9.17, 15) is 14.5 Å². The van der Waals surface area contributed by atoms with Crippen molar-refractivity contribution < 1.29 is 19.1 Å². The SMILES string of the molecule is C=CC(=O)OCCN(CCOC(=O)C=C)c1ccc(/N=N/c2ccc(N=O)cc2)cc1. The van der Waals surface area contributed by atoms with Gasteiger partial charge in [0.15, 0.2) is 0 Å². The molecule has 0 atom stereocenters. The summed E-state index contributed by atoms with van der Waals surface area (Å²) >= 11 is 0. The molecule has 2 rings (SSSR count). The Morgan fingerprint density at radius 2 is 1.19 bits per heavy atom. The highest BCUT2D eigenvalue weighted by Crippen LogP contribution is 2.23. The minimum absolute atomic E-state index is 0.146. The van der Waals surface area contributed by atoms with Crippen molar-refractivity contribution in [3.63, 3.8) is 0 Å². The van der Waals surface area contributed by atoms with Crippen molar-refractivity contribution in [2.24, 2.45) is 15.4 Å². The number of benzene rings is 2. The second kappa shape index (κ2) is 12.4. The maximum Gasteiger partial charge on any atom is 0.330 e. The molecule has 0 aliphatic carbocycles. The summed E-state index contributed by atoms with van der Waals surface area (Å²) in [7, 11) is 0. The molecule has 2 aromatic rings. The summed E-state index contributed by atoms with van der Waals surface area (Å²) in [5, 5.41) is 11.1. The van der Waals surface area contributed by atoms with Gasteiger partial charge in [0, 0.05) is 17.8 Å². The second-order valence-corrected chi connectivity index (χ2v) is 6.05. The predicted octanol–water partition coefficient (Wildman–Crippen LogP) is 4.76. The van der Waals surface area contributed by atoms with E-state index < -0.39 is 11.9 Å². The molecule has 0 unspecified atom stereocenters. The van der Waals surface area contributed by atoms with Gasteiger partial charge in [-0.25, -0.2) is 9.59 Å². The normalized spacial score (nSPS) is 10.3. The molecule has 0 amide bonds. The summed E-state index contributed by atoms with van der Waals surface area (Å²) in [6.45, 7) is 7.80. The maximum atomic E-state index is 11.3. The molecular formula is C22H22N4O5. The molecule has 31 heavy (non-hydrogen) atoms. The molecule has 0 radical (unpaired) electrons. The molecule has 2 aromatic carbocycles. The highest BCUT2D eigenvalue weighted by molar-refractivity contribution is 5.81. The minimum atomic E-state index is -0.509. The van der Waals surface area contributed by atoms with E-state index in [1.165, 1.54) is 0 Å².